The first-order chi connectivity index (χ1) is 14.5. The van der Waals surface area contributed by atoms with Gasteiger partial charge in [0.2, 0.25) is 0 Å². The molecule has 3 aromatic carbocycles. The molecule has 30 heavy (non-hydrogen) atoms. The van der Waals surface area contributed by atoms with Crippen molar-refractivity contribution in [2.45, 2.75) is 17.7 Å². The monoisotopic (exact) mass is 417 g/mol. The summed E-state index contributed by atoms with van der Waals surface area (Å²) in [5.41, 5.74) is 3.36. The Balaban J connectivity index is 1.56. The van der Waals surface area contributed by atoms with Crippen molar-refractivity contribution < 1.29 is 13.2 Å². The van der Waals surface area contributed by atoms with Crippen LogP contribution >= 0.6 is 0 Å². The number of anilines is 2. The Hall–Kier alpha value is -3.63. The van der Waals surface area contributed by atoms with Crippen molar-refractivity contribution in [1.82, 2.24) is 0 Å². The molecule has 0 fully saturated rings. The molecule has 1 N–H and O–H groups in total. The van der Waals surface area contributed by atoms with Crippen molar-refractivity contribution in [3.63, 3.8) is 0 Å². The number of hydrogen-bond acceptors (Lipinski definition) is 4. The van der Waals surface area contributed by atoms with E-state index in [1.807, 2.05) is 18.2 Å². The Morgan fingerprint density at radius 3 is 2.57 bits per heavy atom. The summed E-state index contributed by atoms with van der Waals surface area (Å²) in [5, 5.41) is 11.5. The fourth-order valence-electron chi connectivity index (χ4n) is 3.48. The summed E-state index contributed by atoms with van der Waals surface area (Å²) < 4.78 is 27.8. The fourth-order valence-corrected chi connectivity index (χ4v) is 5.03. The highest BCUT2D eigenvalue weighted by Crippen LogP contribution is 2.32. The van der Waals surface area contributed by atoms with E-state index >= 15 is 0 Å². The summed E-state index contributed by atoms with van der Waals surface area (Å²) in [7, 11) is -3.77. The van der Waals surface area contributed by atoms with E-state index in [0.717, 1.165) is 11.1 Å². The van der Waals surface area contributed by atoms with Crippen LogP contribution in [0.1, 0.15) is 21.5 Å². The summed E-state index contributed by atoms with van der Waals surface area (Å²) in [4.78, 5) is 12.7. The Morgan fingerprint density at radius 2 is 1.80 bits per heavy atom. The minimum absolute atomic E-state index is 0.0798. The molecule has 4 rings (SSSR count). The molecule has 0 unspecified atom stereocenters. The van der Waals surface area contributed by atoms with Crippen molar-refractivity contribution >= 4 is 27.3 Å². The van der Waals surface area contributed by atoms with E-state index in [-0.39, 0.29) is 10.5 Å². The molecule has 0 aliphatic carbocycles. The highest BCUT2D eigenvalue weighted by Gasteiger charge is 2.30. The molecule has 0 radical (unpaired) electrons. The van der Waals surface area contributed by atoms with Gasteiger partial charge in [-0.1, -0.05) is 36.4 Å². The maximum absolute atomic E-state index is 13.2. The second-order valence-corrected chi connectivity index (χ2v) is 8.83. The molecule has 3 aromatic rings. The van der Waals surface area contributed by atoms with Gasteiger partial charge in [0.1, 0.15) is 0 Å². The number of amides is 1. The molecule has 1 aliphatic rings. The molecular weight excluding hydrogens is 398 g/mol. The number of benzene rings is 3. The third-order valence-electron chi connectivity index (χ3n) is 5.02. The summed E-state index contributed by atoms with van der Waals surface area (Å²) in [5.74, 6) is -0.401. The number of nitriles is 1. The van der Waals surface area contributed by atoms with Gasteiger partial charge in [-0.05, 0) is 53.9 Å². The molecule has 7 heteroatoms. The maximum atomic E-state index is 13.2. The molecule has 1 amide bonds. The zero-order chi connectivity index (χ0) is 21.1. The lowest BCUT2D eigenvalue weighted by atomic mass is 10.1. The molecule has 6 nitrogen and oxygen atoms in total. The van der Waals surface area contributed by atoms with Crippen LogP contribution in [0.2, 0.25) is 0 Å². The lowest BCUT2D eigenvalue weighted by Crippen LogP contribution is -2.29. The van der Waals surface area contributed by atoms with Gasteiger partial charge in [-0.3, -0.25) is 9.10 Å². The molecular formula is C23H19N3O3S. The van der Waals surface area contributed by atoms with E-state index in [1.54, 1.807) is 42.5 Å². The lowest BCUT2D eigenvalue weighted by Gasteiger charge is -2.20. The first kappa shape index (κ1) is 19.7. The van der Waals surface area contributed by atoms with Gasteiger partial charge in [0.15, 0.2) is 0 Å². The van der Waals surface area contributed by atoms with E-state index < -0.39 is 15.9 Å². The maximum Gasteiger partial charge on any atom is 0.264 e. The van der Waals surface area contributed by atoms with Gasteiger partial charge >= 0.3 is 0 Å². The second-order valence-electron chi connectivity index (χ2n) is 6.97. The second kappa shape index (κ2) is 8.01. The lowest BCUT2D eigenvalue weighted by molar-refractivity contribution is 0.102. The molecule has 0 bridgehead atoms. The number of nitrogens with zero attached hydrogens (tertiary/aromatic N) is 2. The quantitative estimate of drug-likeness (QED) is 0.684. The van der Waals surface area contributed by atoms with Gasteiger partial charge in [-0.15, -0.1) is 0 Å². The van der Waals surface area contributed by atoms with E-state index in [0.29, 0.717) is 30.8 Å². The normalized spacial score (nSPS) is 12.8. The largest absolute Gasteiger partial charge is 0.322 e. The van der Waals surface area contributed by atoms with Crippen LogP contribution in [0.4, 0.5) is 11.4 Å². The predicted octanol–water partition coefficient (Wildman–Crippen LogP) is 3.76. The van der Waals surface area contributed by atoms with Crippen LogP contribution in [0, 0.1) is 11.3 Å². The molecule has 0 saturated heterocycles. The van der Waals surface area contributed by atoms with E-state index in [9.17, 15) is 13.2 Å². The van der Waals surface area contributed by atoms with E-state index in [4.69, 9.17) is 5.26 Å². The van der Waals surface area contributed by atoms with Crippen molar-refractivity contribution in [2.75, 3.05) is 16.2 Å². The standard InChI is InChI=1S/C23H19N3O3S/c24-14-12-17-8-10-20(11-9-17)25-23(27)19-5-3-6-21(16-19)30(28,29)26-15-13-18-4-1-2-7-22(18)26/h1-11,16H,12-13,15H2,(H,25,27). The number of carbonyl (C=O) groups is 1. The molecule has 1 aliphatic heterocycles. The molecule has 150 valence electrons. The third kappa shape index (κ3) is 3.78. The number of rotatable bonds is 5. The van der Waals surface area contributed by atoms with Crippen LogP contribution in [0.25, 0.3) is 0 Å². The average Bonchev–Trinajstić information content (AvgIpc) is 3.20. The number of sulfonamides is 1. The Labute approximate surface area is 175 Å². The van der Waals surface area contributed by atoms with Gasteiger partial charge in [0.25, 0.3) is 15.9 Å². The summed E-state index contributed by atoms with van der Waals surface area (Å²) in [6.07, 6.45) is 0.963. The summed E-state index contributed by atoms with van der Waals surface area (Å²) in [6, 6.07) is 22.5. The topological polar surface area (TPSA) is 90.3 Å². The van der Waals surface area contributed by atoms with Gasteiger partial charge in [0, 0.05) is 17.8 Å². The minimum atomic E-state index is -3.77. The van der Waals surface area contributed by atoms with Crippen LogP contribution in [-0.2, 0) is 22.9 Å². The number of hydrogen-bond donors (Lipinski definition) is 1. The van der Waals surface area contributed by atoms with E-state index in [2.05, 4.69) is 11.4 Å². The van der Waals surface area contributed by atoms with Gasteiger partial charge in [-0.2, -0.15) is 5.26 Å². The Morgan fingerprint density at radius 1 is 1.03 bits per heavy atom. The molecule has 0 spiro atoms. The SMILES string of the molecule is N#CCc1ccc(NC(=O)c2cccc(S(=O)(=O)N3CCc4ccccc43)c2)cc1. The first-order valence-electron chi connectivity index (χ1n) is 9.47. The minimum Gasteiger partial charge on any atom is -0.322 e. The van der Waals surface area contributed by atoms with Crippen LogP contribution in [-0.4, -0.2) is 20.9 Å². The van der Waals surface area contributed by atoms with Crippen LogP contribution in [0.15, 0.2) is 77.7 Å². The number of fused-ring (bicyclic) bond motifs is 1. The van der Waals surface area contributed by atoms with Gasteiger partial charge in [-0.25, -0.2) is 8.42 Å². The van der Waals surface area contributed by atoms with Crippen molar-refractivity contribution in [1.29, 1.82) is 5.26 Å². The Bertz CT molecular complexity index is 1250. The first-order valence-corrected chi connectivity index (χ1v) is 10.9. The van der Waals surface area contributed by atoms with Crippen LogP contribution < -0.4 is 9.62 Å². The van der Waals surface area contributed by atoms with Gasteiger partial charge < -0.3 is 5.32 Å². The number of nitrogens with one attached hydrogen (secondary N) is 1. The Kier molecular flexibility index (Phi) is 5.25. The summed E-state index contributed by atoms with van der Waals surface area (Å²) >= 11 is 0. The summed E-state index contributed by atoms with van der Waals surface area (Å²) in [6.45, 7) is 0.382. The zero-order valence-corrected chi connectivity index (χ0v) is 16.9. The van der Waals surface area contributed by atoms with Crippen molar-refractivity contribution in [3.05, 3.63) is 89.5 Å². The third-order valence-corrected chi connectivity index (χ3v) is 6.83. The highest BCUT2D eigenvalue weighted by atomic mass is 32.2. The van der Waals surface area contributed by atoms with Crippen LogP contribution in [0.3, 0.4) is 0 Å². The number of carbonyl (C=O) groups excluding carboxylic acids is 1. The van der Waals surface area contributed by atoms with Crippen molar-refractivity contribution in [2.24, 2.45) is 0 Å². The van der Waals surface area contributed by atoms with Crippen molar-refractivity contribution in [3.8, 4) is 6.07 Å². The molecule has 0 atom stereocenters. The zero-order valence-electron chi connectivity index (χ0n) is 16.1. The molecule has 0 saturated carbocycles. The number of para-hydroxylation sites is 1. The van der Waals surface area contributed by atoms with E-state index in [1.165, 1.54) is 16.4 Å². The average molecular weight is 417 g/mol. The molecule has 0 aromatic heterocycles. The predicted molar refractivity (Wildman–Crippen MR) is 115 cm³/mol. The molecule has 1 heterocycles. The fraction of sp³-hybridized carbons (Fsp3) is 0.130. The van der Waals surface area contributed by atoms with Gasteiger partial charge in [0.05, 0.1) is 23.1 Å². The highest BCUT2D eigenvalue weighted by molar-refractivity contribution is 7.92. The smallest absolute Gasteiger partial charge is 0.264 e. The van der Waals surface area contributed by atoms with Crippen LogP contribution in [0.5, 0.6) is 0 Å².